The predicted octanol–water partition coefficient (Wildman–Crippen LogP) is 4.94. The Labute approximate surface area is 150 Å². The van der Waals surface area contributed by atoms with E-state index in [2.05, 4.69) is 13.2 Å². The van der Waals surface area contributed by atoms with Gasteiger partial charge in [0.1, 0.15) is 11.5 Å². The Morgan fingerprint density at radius 2 is 1.42 bits per heavy atom. The van der Waals surface area contributed by atoms with Crippen LogP contribution in [-0.4, -0.2) is 11.9 Å². The van der Waals surface area contributed by atoms with Crippen LogP contribution in [0.1, 0.15) is 32.3 Å². The molecule has 1 aromatic carbocycles. The van der Waals surface area contributed by atoms with Gasteiger partial charge in [-0.1, -0.05) is 25.3 Å². The van der Waals surface area contributed by atoms with Crippen LogP contribution < -0.4 is 4.74 Å². The zero-order chi connectivity index (χ0) is 19.4. The minimum atomic E-state index is -1.20. The monoisotopic (exact) mass is 360 g/mol. The van der Waals surface area contributed by atoms with Gasteiger partial charge in [0.25, 0.3) is 0 Å². The molecule has 0 spiro atoms. The van der Waals surface area contributed by atoms with Gasteiger partial charge >= 0.3 is 11.9 Å². The van der Waals surface area contributed by atoms with E-state index in [0.29, 0.717) is 5.56 Å². The molecule has 26 heavy (non-hydrogen) atoms. The van der Waals surface area contributed by atoms with Crippen molar-refractivity contribution in [2.45, 2.75) is 26.7 Å². The number of halogens is 2. The van der Waals surface area contributed by atoms with Crippen LogP contribution in [0, 0.1) is 0 Å². The average Bonchev–Trinajstić information content (AvgIpc) is 2.59. The molecule has 0 bridgehead atoms. The highest BCUT2D eigenvalue weighted by atomic mass is 19.2. The van der Waals surface area contributed by atoms with Crippen LogP contribution >= 0.6 is 0 Å². The van der Waals surface area contributed by atoms with E-state index in [4.69, 9.17) is 9.47 Å². The van der Waals surface area contributed by atoms with Crippen molar-refractivity contribution in [3.8, 4) is 5.75 Å². The van der Waals surface area contributed by atoms with Crippen molar-refractivity contribution < 1.29 is 27.8 Å². The summed E-state index contributed by atoms with van der Waals surface area (Å²) in [5.74, 6) is -3.71. The van der Waals surface area contributed by atoms with Crippen LogP contribution in [0.3, 0.4) is 0 Å². The Morgan fingerprint density at radius 1 is 0.885 bits per heavy atom. The molecule has 0 saturated heterocycles. The summed E-state index contributed by atoms with van der Waals surface area (Å²) in [7, 11) is 0. The van der Waals surface area contributed by atoms with Gasteiger partial charge in [0.05, 0.1) is 0 Å². The SMILES string of the molecule is C=C(C)C(=O)OC1=C(F)C(F)=C(c2ccc(OC(=O)C(=C)C)cc2)CC1. The molecular formula is C20H18F2O4. The van der Waals surface area contributed by atoms with Crippen LogP contribution in [0.25, 0.3) is 5.57 Å². The molecule has 0 fully saturated rings. The topological polar surface area (TPSA) is 52.6 Å². The fraction of sp³-hybridized carbons (Fsp3) is 0.200. The third-order valence-corrected chi connectivity index (χ3v) is 3.63. The van der Waals surface area contributed by atoms with Crippen molar-refractivity contribution >= 4 is 17.5 Å². The lowest BCUT2D eigenvalue weighted by Crippen LogP contribution is -2.10. The zero-order valence-corrected chi connectivity index (χ0v) is 14.5. The second kappa shape index (κ2) is 7.91. The first-order valence-electron chi connectivity index (χ1n) is 7.84. The standard InChI is InChI=1S/C20H18F2O4/c1-11(2)19(23)25-14-7-5-13(6-8-14)15-9-10-16(18(22)17(15)21)26-20(24)12(3)4/h5-8H,1,3,9-10H2,2,4H3. The summed E-state index contributed by atoms with van der Waals surface area (Å²) < 4.78 is 38.5. The molecule has 0 aliphatic heterocycles. The van der Waals surface area contributed by atoms with Crippen LogP contribution in [0.2, 0.25) is 0 Å². The van der Waals surface area contributed by atoms with E-state index in [0.717, 1.165) is 0 Å². The lowest BCUT2D eigenvalue weighted by molar-refractivity contribution is -0.135. The largest absolute Gasteiger partial charge is 0.424 e. The molecule has 1 aliphatic rings. The second-order valence-electron chi connectivity index (χ2n) is 5.89. The molecule has 136 valence electrons. The van der Waals surface area contributed by atoms with Gasteiger partial charge < -0.3 is 9.47 Å². The van der Waals surface area contributed by atoms with Gasteiger partial charge in [-0.3, -0.25) is 0 Å². The number of carbonyl (C=O) groups excluding carboxylic acids is 2. The van der Waals surface area contributed by atoms with Crippen LogP contribution in [0.15, 0.2) is 66.0 Å². The molecule has 0 aromatic heterocycles. The van der Waals surface area contributed by atoms with Crippen LogP contribution in [0.4, 0.5) is 8.78 Å². The Balaban J connectivity index is 2.23. The first-order chi connectivity index (χ1) is 12.2. The average molecular weight is 360 g/mol. The molecule has 0 heterocycles. The lowest BCUT2D eigenvalue weighted by atomic mass is 9.95. The fourth-order valence-corrected chi connectivity index (χ4v) is 2.20. The normalized spacial score (nSPS) is 14.2. The van der Waals surface area contributed by atoms with Crippen molar-refractivity contribution in [1.29, 1.82) is 0 Å². The van der Waals surface area contributed by atoms with E-state index in [1.165, 1.54) is 38.1 Å². The second-order valence-corrected chi connectivity index (χ2v) is 5.89. The number of carbonyl (C=O) groups is 2. The summed E-state index contributed by atoms with van der Waals surface area (Å²) in [4.78, 5) is 23.0. The molecule has 1 aromatic rings. The summed E-state index contributed by atoms with van der Waals surface area (Å²) in [6.07, 6.45) is 0.197. The Kier molecular flexibility index (Phi) is 5.87. The summed E-state index contributed by atoms with van der Waals surface area (Å²) in [5.41, 5.74) is 0.938. The quantitative estimate of drug-likeness (QED) is 0.424. The Hall–Kier alpha value is -3.02. The molecule has 1 aliphatic carbocycles. The van der Waals surface area contributed by atoms with Crippen molar-refractivity contribution in [3.05, 3.63) is 71.5 Å². The molecule has 0 N–H and O–H groups in total. The van der Waals surface area contributed by atoms with Crippen molar-refractivity contribution in [1.82, 2.24) is 0 Å². The maximum atomic E-state index is 14.4. The maximum Gasteiger partial charge on any atom is 0.338 e. The third kappa shape index (κ3) is 4.33. The fourth-order valence-electron chi connectivity index (χ4n) is 2.20. The zero-order valence-electron chi connectivity index (χ0n) is 14.5. The number of hydrogen-bond donors (Lipinski definition) is 0. The van der Waals surface area contributed by atoms with E-state index in [1.54, 1.807) is 0 Å². The highest BCUT2D eigenvalue weighted by Gasteiger charge is 2.26. The van der Waals surface area contributed by atoms with Crippen LogP contribution in [0.5, 0.6) is 5.75 Å². The van der Waals surface area contributed by atoms with E-state index in [-0.39, 0.29) is 41.1 Å². The van der Waals surface area contributed by atoms with Gasteiger partial charge in [-0.2, -0.15) is 4.39 Å². The summed E-state index contributed by atoms with van der Waals surface area (Å²) >= 11 is 0. The minimum absolute atomic E-state index is 0.0417. The van der Waals surface area contributed by atoms with Gasteiger partial charge in [0.2, 0.25) is 0 Å². The van der Waals surface area contributed by atoms with E-state index >= 15 is 0 Å². The Morgan fingerprint density at radius 3 is 1.96 bits per heavy atom. The molecule has 0 saturated carbocycles. The molecule has 6 heteroatoms. The van der Waals surface area contributed by atoms with E-state index in [1.807, 2.05) is 0 Å². The maximum absolute atomic E-state index is 14.4. The van der Waals surface area contributed by atoms with Gasteiger partial charge in [0.15, 0.2) is 11.7 Å². The first-order valence-corrected chi connectivity index (χ1v) is 7.84. The first kappa shape index (κ1) is 19.3. The van der Waals surface area contributed by atoms with Crippen molar-refractivity contribution in [3.63, 3.8) is 0 Å². The van der Waals surface area contributed by atoms with E-state index < -0.39 is 23.6 Å². The Bertz CT molecular complexity index is 845. The number of hydrogen-bond acceptors (Lipinski definition) is 4. The molecular weight excluding hydrogens is 342 g/mol. The molecule has 4 nitrogen and oxygen atoms in total. The number of allylic oxidation sites excluding steroid dienone is 4. The highest BCUT2D eigenvalue weighted by molar-refractivity contribution is 5.89. The smallest absolute Gasteiger partial charge is 0.338 e. The predicted molar refractivity (Wildman–Crippen MR) is 93.2 cm³/mol. The van der Waals surface area contributed by atoms with Crippen molar-refractivity contribution in [2.75, 3.05) is 0 Å². The van der Waals surface area contributed by atoms with Crippen molar-refractivity contribution in [2.24, 2.45) is 0 Å². The molecule has 2 rings (SSSR count). The van der Waals surface area contributed by atoms with Gasteiger partial charge in [-0.15, -0.1) is 0 Å². The molecule has 0 amide bonds. The number of benzene rings is 1. The third-order valence-electron chi connectivity index (χ3n) is 3.63. The highest BCUT2D eigenvalue weighted by Crippen LogP contribution is 2.38. The number of ether oxygens (including phenoxy) is 2. The molecule has 0 unspecified atom stereocenters. The van der Waals surface area contributed by atoms with E-state index in [9.17, 15) is 18.4 Å². The van der Waals surface area contributed by atoms with Gasteiger partial charge in [-0.05, 0) is 43.5 Å². The summed E-state index contributed by atoms with van der Waals surface area (Å²) in [6, 6.07) is 6.01. The molecule has 0 atom stereocenters. The summed E-state index contributed by atoms with van der Waals surface area (Å²) in [5, 5.41) is 0. The van der Waals surface area contributed by atoms with Crippen LogP contribution in [-0.2, 0) is 14.3 Å². The minimum Gasteiger partial charge on any atom is -0.424 e. The van der Waals surface area contributed by atoms with Gasteiger partial charge in [-0.25, -0.2) is 14.0 Å². The summed E-state index contributed by atoms with van der Waals surface area (Å²) in [6.45, 7) is 9.82. The lowest BCUT2D eigenvalue weighted by Gasteiger charge is -2.18. The number of esters is 2. The number of rotatable bonds is 5. The molecule has 0 radical (unpaired) electrons. The van der Waals surface area contributed by atoms with Gasteiger partial charge in [0, 0.05) is 17.6 Å².